The Balaban J connectivity index is 2.80. The van der Waals surface area contributed by atoms with E-state index >= 15 is 0 Å². The normalized spacial score (nSPS) is 10.2. The predicted octanol–water partition coefficient (Wildman–Crippen LogP) is 2.24. The van der Waals surface area contributed by atoms with Crippen molar-refractivity contribution >= 4 is 29.1 Å². The van der Waals surface area contributed by atoms with E-state index in [1.807, 2.05) is 6.92 Å². The van der Waals surface area contributed by atoms with Gasteiger partial charge in [-0.05, 0) is 24.2 Å². The van der Waals surface area contributed by atoms with E-state index in [0.29, 0.717) is 12.4 Å². The maximum absolute atomic E-state index is 5.62. The summed E-state index contributed by atoms with van der Waals surface area (Å²) >= 11 is 3.12. The number of nitrogens with two attached hydrogens (primary N) is 1. The third kappa shape index (κ3) is 2.04. The van der Waals surface area contributed by atoms with Crippen LogP contribution < -0.4 is 10.5 Å². The van der Waals surface area contributed by atoms with Gasteiger partial charge in [-0.15, -0.1) is 11.8 Å². The second-order valence-electron chi connectivity index (χ2n) is 2.05. The average molecular weight is 204 g/mol. The number of ether oxygens (including phenoxy) is 1. The van der Waals surface area contributed by atoms with E-state index in [1.165, 1.54) is 11.5 Å². The Bertz CT molecular complexity index is 250. The van der Waals surface area contributed by atoms with Gasteiger partial charge >= 0.3 is 0 Å². The van der Waals surface area contributed by atoms with Gasteiger partial charge in [0.05, 0.1) is 6.61 Å². The van der Waals surface area contributed by atoms with Crippen LogP contribution in [-0.4, -0.2) is 16.7 Å². The highest BCUT2D eigenvalue weighted by Gasteiger charge is 2.11. The number of anilines is 1. The fourth-order valence-electron chi connectivity index (χ4n) is 0.778. The fraction of sp³-hybridized carbons (Fsp3) is 0.571. The number of thioether (sulfide) groups is 1. The summed E-state index contributed by atoms with van der Waals surface area (Å²) in [6.07, 6.45) is 0. The molecule has 3 nitrogen and oxygen atoms in total. The molecule has 0 unspecified atom stereocenters. The second-order valence-corrected chi connectivity index (χ2v) is 4.36. The fourth-order valence-corrected chi connectivity index (χ4v) is 2.52. The minimum Gasteiger partial charge on any atom is -0.488 e. The lowest BCUT2D eigenvalue weighted by molar-refractivity contribution is 0.336. The summed E-state index contributed by atoms with van der Waals surface area (Å²) in [4.78, 5) is 0. The maximum Gasteiger partial charge on any atom is 0.187 e. The van der Waals surface area contributed by atoms with Crippen molar-refractivity contribution in [3.05, 3.63) is 0 Å². The molecule has 68 valence electrons. The van der Waals surface area contributed by atoms with Crippen molar-refractivity contribution in [2.45, 2.75) is 18.1 Å². The molecule has 0 spiro atoms. The van der Waals surface area contributed by atoms with Crippen molar-refractivity contribution in [1.29, 1.82) is 0 Å². The molecule has 1 aromatic heterocycles. The standard InChI is InChI=1S/C7H12N2OS2/c1-3-10-5-6(8)9-12-7(5)11-4-2/h3-4H2,1-2H3,(H2,8,9). The molecule has 0 saturated carbocycles. The summed E-state index contributed by atoms with van der Waals surface area (Å²) in [5, 5.41) is 0. The maximum atomic E-state index is 5.62. The van der Waals surface area contributed by atoms with Gasteiger partial charge in [-0.3, -0.25) is 0 Å². The van der Waals surface area contributed by atoms with Crippen molar-refractivity contribution in [3.8, 4) is 5.75 Å². The van der Waals surface area contributed by atoms with E-state index < -0.39 is 0 Å². The van der Waals surface area contributed by atoms with Crippen molar-refractivity contribution < 1.29 is 4.74 Å². The molecular weight excluding hydrogens is 192 g/mol. The number of nitrogens with zero attached hydrogens (tertiary/aromatic N) is 1. The third-order valence-corrected chi connectivity index (χ3v) is 3.16. The largest absolute Gasteiger partial charge is 0.488 e. The van der Waals surface area contributed by atoms with E-state index in [4.69, 9.17) is 10.5 Å². The molecule has 1 aromatic rings. The Morgan fingerprint density at radius 3 is 2.92 bits per heavy atom. The smallest absolute Gasteiger partial charge is 0.187 e. The first-order valence-electron chi connectivity index (χ1n) is 3.80. The molecule has 0 aliphatic carbocycles. The number of rotatable bonds is 4. The summed E-state index contributed by atoms with van der Waals surface area (Å²) in [7, 11) is 0. The van der Waals surface area contributed by atoms with E-state index in [0.717, 1.165) is 15.7 Å². The van der Waals surface area contributed by atoms with Gasteiger partial charge in [0, 0.05) is 0 Å². The highest BCUT2D eigenvalue weighted by molar-refractivity contribution is 8.01. The van der Waals surface area contributed by atoms with Gasteiger partial charge in [-0.2, -0.15) is 4.37 Å². The first-order valence-corrected chi connectivity index (χ1v) is 5.56. The number of hydrogen-bond donors (Lipinski definition) is 1. The van der Waals surface area contributed by atoms with Crippen LogP contribution in [0.3, 0.4) is 0 Å². The third-order valence-electron chi connectivity index (χ3n) is 1.21. The first kappa shape index (κ1) is 9.67. The molecule has 5 heteroatoms. The van der Waals surface area contributed by atoms with Gasteiger partial charge in [0.15, 0.2) is 11.6 Å². The number of hydrogen-bond acceptors (Lipinski definition) is 5. The number of nitrogen functional groups attached to an aromatic ring is 1. The highest BCUT2D eigenvalue weighted by atomic mass is 32.2. The van der Waals surface area contributed by atoms with Crippen LogP contribution in [0.5, 0.6) is 5.75 Å². The minimum absolute atomic E-state index is 0.512. The molecule has 2 N–H and O–H groups in total. The lowest BCUT2D eigenvalue weighted by Crippen LogP contribution is -1.95. The molecule has 0 amide bonds. The molecule has 0 radical (unpaired) electrons. The molecule has 12 heavy (non-hydrogen) atoms. The van der Waals surface area contributed by atoms with Crippen molar-refractivity contribution in [3.63, 3.8) is 0 Å². The van der Waals surface area contributed by atoms with Crippen LogP contribution in [0.4, 0.5) is 5.82 Å². The Kier molecular flexibility index (Phi) is 3.68. The molecule has 0 saturated heterocycles. The van der Waals surface area contributed by atoms with Crippen LogP contribution in [0.15, 0.2) is 4.21 Å². The molecule has 0 fully saturated rings. The molecule has 0 aromatic carbocycles. The lowest BCUT2D eigenvalue weighted by Gasteiger charge is -2.02. The van der Waals surface area contributed by atoms with Gasteiger partial charge < -0.3 is 10.5 Å². The van der Waals surface area contributed by atoms with Gasteiger partial charge in [0.25, 0.3) is 0 Å². The molecule has 0 aliphatic rings. The van der Waals surface area contributed by atoms with Crippen molar-refractivity contribution in [2.75, 3.05) is 18.1 Å². The van der Waals surface area contributed by atoms with Gasteiger partial charge in [0.1, 0.15) is 4.21 Å². The molecule has 0 aliphatic heterocycles. The van der Waals surface area contributed by atoms with Gasteiger partial charge in [-0.1, -0.05) is 6.92 Å². The first-order chi connectivity index (χ1) is 5.79. The zero-order valence-corrected chi connectivity index (χ0v) is 8.80. The topological polar surface area (TPSA) is 48.1 Å². The Morgan fingerprint density at radius 1 is 1.58 bits per heavy atom. The number of aromatic nitrogens is 1. The molecule has 0 bridgehead atoms. The quantitative estimate of drug-likeness (QED) is 0.764. The summed E-state index contributed by atoms with van der Waals surface area (Å²) in [6.45, 7) is 4.67. The van der Waals surface area contributed by atoms with Crippen molar-refractivity contribution in [1.82, 2.24) is 4.37 Å². The van der Waals surface area contributed by atoms with Crippen LogP contribution in [0.1, 0.15) is 13.8 Å². The van der Waals surface area contributed by atoms with E-state index in [-0.39, 0.29) is 0 Å². The molecular formula is C7H12N2OS2. The van der Waals surface area contributed by atoms with Crippen LogP contribution in [0.25, 0.3) is 0 Å². The van der Waals surface area contributed by atoms with Crippen LogP contribution in [0.2, 0.25) is 0 Å². The molecule has 0 atom stereocenters. The van der Waals surface area contributed by atoms with Gasteiger partial charge in [0.2, 0.25) is 0 Å². The Labute approximate surface area is 80.5 Å². The van der Waals surface area contributed by atoms with E-state index in [1.54, 1.807) is 11.8 Å². The second kappa shape index (κ2) is 4.57. The molecule has 1 rings (SSSR count). The monoisotopic (exact) mass is 204 g/mol. The van der Waals surface area contributed by atoms with E-state index in [9.17, 15) is 0 Å². The predicted molar refractivity (Wildman–Crippen MR) is 54.1 cm³/mol. The average Bonchev–Trinajstić information content (AvgIpc) is 2.37. The Morgan fingerprint density at radius 2 is 2.33 bits per heavy atom. The van der Waals surface area contributed by atoms with Crippen LogP contribution in [-0.2, 0) is 0 Å². The molecule has 1 heterocycles. The van der Waals surface area contributed by atoms with Crippen LogP contribution >= 0.6 is 23.3 Å². The highest BCUT2D eigenvalue weighted by Crippen LogP contribution is 2.37. The summed E-state index contributed by atoms with van der Waals surface area (Å²) in [5.41, 5.74) is 5.62. The van der Waals surface area contributed by atoms with Gasteiger partial charge in [-0.25, -0.2) is 0 Å². The Hall–Kier alpha value is -0.420. The lowest BCUT2D eigenvalue weighted by atomic mass is 10.6. The zero-order chi connectivity index (χ0) is 8.97. The van der Waals surface area contributed by atoms with Crippen LogP contribution in [0, 0.1) is 0 Å². The summed E-state index contributed by atoms with van der Waals surface area (Å²) in [6, 6.07) is 0. The van der Waals surface area contributed by atoms with E-state index in [2.05, 4.69) is 11.3 Å². The summed E-state index contributed by atoms with van der Waals surface area (Å²) in [5.74, 6) is 2.29. The minimum atomic E-state index is 0.512. The zero-order valence-electron chi connectivity index (χ0n) is 7.16. The summed E-state index contributed by atoms with van der Waals surface area (Å²) < 4.78 is 10.5. The van der Waals surface area contributed by atoms with Crippen molar-refractivity contribution in [2.24, 2.45) is 0 Å². The SMILES string of the molecule is CCOc1c(N)nsc1SCC.